The van der Waals surface area contributed by atoms with Crippen molar-refractivity contribution in [1.82, 2.24) is 0 Å². The van der Waals surface area contributed by atoms with Crippen molar-refractivity contribution in [1.29, 1.82) is 0 Å². The molecule has 0 amide bonds. The first kappa shape index (κ1) is 12.7. The molecule has 12 heavy (non-hydrogen) atoms. The maximum absolute atomic E-state index is 2.35. The molecule has 74 valence electrons. The van der Waals surface area contributed by atoms with Crippen LogP contribution in [0.1, 0.15) is 53.4 Å². The van der Waals surface area contributed by atoms with Crippen LogP contribution in [-0.4, -0.2) is 10.5 Å². The minimum absolute atomic E-state index is 0.479. The van der Waals surface area contributed by atoms with Crippen LogP contribution in [0, 0.1) is 0 Å². The zero-order chi connectivity index (χ0) is 9.45. The maximum atomic E-state index is 2.35. The van der Waals surface area contributed by atoms with Crippen LogP contribution in [-0.2, 0) is 0 Å². The molecular formula is C10H22S2. The molecule has 0 aromatic heterocycles. The SMILES string of the molecule is CCCCSSC(C)(C)CCC. The Hall–Kier alpha value is 0.700. The Kier molecular flexibility index (Phi) is 7.55. The summed E-state index contributed by atoms with van der Waals surface area (Å²) in [5.74, 6) is 1.31. The van der Waals surface area contributed by atoms with Gasteiger partial charge in [-0.2, -0.15) is 0 Å². The van der Waals surface area contributed by atoms with E-state index in [2.05, 4.69) is 38.5 Å². The Morgan fingerprint density at radius 1 is 1.08 bits per heavy atom. The second-order valence-electron chi connectivity index (χ2n) is 3.77. The van der Waals surface area contributed by atoms with Crippen LogP contribution in [0.25, 0.3) is 0 Å². The molecule has 0 N–H and O–H groups in total. The van der Waals surface area contributed by atoms with E-state index in [0.29, 0.717) is 4.75 Å². The molecule has 0 heterocycles. The first-order valence-electron chi connectivity index (χ1n) is 4.93. The van der Waals surface area contributed by atoms with E-state index in [0.717, 1.165) is 0 Å². The molecule has 0 unspecified atom stereocenters. The Morgan fingerprint density at radius 2 is 1.75 bits per heavy atom. The van der Waals surface area contributed by atoms with E-state index in [-0.39, 0.29) is 0 Å². The summed E-state index contributed by atoms with van der Waals surface area (Å²) in [5, 5.41) is 0. The summed E-state index contributed by atoms with van der Waals surface area (Å²) in [5.41, 5.74) is 0. The molecule has 0 atom stereocenters. The fourth-order valence-corrected chi connectivity index (χ4v) is 3.96. The van der Waals surface area contributed by atoms with Crippen LogP contribution in [0.3, 0.4) is 0 Å². The topological polar surface area (TPSA) is 0 Å². The molecule has 0 spiro atoms. The summed E-state index contributed by atoms with van der Waals surface area (Å²) in [6.45, 7) is 9.21. The molecule has 0 saturated carbocycles. The van der Waals surface area contributed by atoms with Crippen molar-refractivity contribution < 1.29 is 0 Å². The molecule has 0 fully saturated rings. The lowest BCUT2D eigenvalue weighted by atomic mass is 10.1. The number of unbranched alkanes of at least 4 members (excludes halogenated alkanes) is 1. The summed E-state index contributed by atoms with van der Waals surface area (Å²) in [6.07, 6.45) is 5.31. The molecule has 0 aromatic rings. The minimum Gasteiger partial charge on any atom is -0.0936 e. The van der Waals surface area contributed by atoms with E-state index in [1.807, 2.05) is 10.8 Å². The normalized spacial score (nSPS) is 12.0. The largest absolute Gasteiger partial charge is 0.0936 e. The summed E-state index contributed by atoms with van der Waals surface area (Å²) in [6, 6.07) is 0. The van der Waals surface area contributed by atoms with E-state index in [1.165, 1.54) is 31.4 Å². The summed E-state index contributed by atoms with van der Waals surface area (Å²) < 4.78 is 0.479. The van der Waals surface area contributed by atoms with E-state index in [9.17, 15) is 0 Å². The van der Waals surface area contributed by atoms with E-state index in [4.69, 9.17) is 0 Å². The zero-order valence-corrected chi connectivity index (χ0v) is 10.5. The molecular weight excluding hydrogens is 184 g/mol. The van der Waals surface area contributed by atoms with Gasteiger partial charge in [0.2, 0.25) is 0 Å². The van der Waals surface area contributed by atoms with Gasteiger partial charge in [0.1, 0.15) is 0 Å². The highest BCUT2D eigenvalue weighted by Gasteiger charge is 2.16. The predicted molar refractivity (Wildman–Crippen MR) is 63.9 cm³/mol. The monoisotopic (exact) mass is 206 g/mol. The van der Waals surface area contributed by atoms with Gasteiger partial charge in [-0.05, 0) is 26.7 Å². The Bertz CT molecular complexity index is 100. The van der Waals surface area contributed by atoms with Gasteiger partial charge in [-0.1, -0.05) is 48.3 Å². The molecule has 2 heteroatoms. The van der Waals surface area contributed by atoms with Crippen LogP contribution in [0.15, 0.2) is 0 Å². The summed E-state index contributed by atoms with van der Waals surface area (Å²) in [7, 11) is 4.10. The lowest BCUT2D eigenvalue weighted by Crippen LogP contribution is -2.11. The van der Waals surface area contributed by atoms with Crippen LogP contribution in [0.2, 0.25) is 0 Å². The molecule has 0 nitrogen and oxygen atoms in total. The van der Waals surface area contributed by atoms with Crippen molar-refractivity contribution in [2.24, 2.45) is 0 Å². The second kappa shape index (κ2) is 7.14. The van der Waals surface area contributed by atoms with Crippen molar-refractivity contribution in [3.63, 3.8) is 0 Å². The van der Waals surface area contributed by atoms with E-state index in [1.54, 1.807) is 0 Å². The molecule has 0 aliphatic rings. The van der Waals surface area contributed by atoms with Crippen LogP contribution < -0.4 is 0 Å². The number of rotatable bonds is 7. The van der Waals surface area contributed by atoms with Gasteiger partial charge in [0.05, 0.1) is 0 Å². The van der Waals surface area contributed by atoms with Gasteiger partial charge in [-0.25, -0.2) is 0 Å². The summed E-state index contributed by atoms with van der Waals surface area (Å²) in [4.78, 5) is 0. The summed E-state index contributed by atoms with van der Waals surface area (Å²) >= 11 is 0. The lowest BCUT2D eigenvalue weighted by molar-refractivity contribution is 0.631. The Balaban J connectivity index is 3.33. The highest BCUT2D eigenvalue weighted by molar-refractivity contribution is 8.77. The third-order valence-electron chi connectivity index (χ3n) is 1.72. The Morgan fingerprint density at radius 3 is 2.25 bits per heavy atom. The van der Waals surface area contributed by atoms with Gasteiger partial charge in [0.15, 0.2) is 0 Å². The van der Waals surface area contributed by atoms with Crippen molar-refractivity contribution in [2.75, 3.05) is 5.75 Å². The fourth-order valence-electron chi connectivity index (χ4n) is 1.05. The van der Waals surface area contributed by atoms with Crippen molar-refractivity contribution in [2.45, 2.75) is 58.1 Å². The standard InChI is InChI=1S/C10H22S2/c1-5-7-9-11-12-10(3,4)8-6-2/h5-9H2,1-4H3. The number of hydrogen-bond acceptors (Lipinski definition) is 2. The van der Waals surface area contributed by atoms with Crippen LogP contribution in [0.5, 0.6) is 0 Å². The van der Waals surface area contributed by atoms with Gasteiger partial charge < -0.3 is 0 Å². The fraction of sp³-hybridized carbons (Fsp3) is 1.00. The van der Waals surface area contributed by atoms with Gasteiger partial charge in [-0.3, -0.25) is 0 Å². The number of hydrogen-bond donors (Lipinski definition) is 0. The molecule has 0 aliphatic carbocycles. The highest BCUT2D eigenvalue weighted by Crippen LogP contribution is 2.38. The highest BCUT2D eigenvalue weighted by atomic mass is 33.1. The van der Waals surface area contributed by atoms with Gasteiger partial charge >= 0.3 is 0 Å². The third kappa shape index (κ3) is 7.35. The van der Waals surface area contributed by atoms with Gasteiger partial charge in [0, 0.05) is 10.5 Å². The lowest BCUT2D eigenvalue weighted by Gasteiger charge is -2.22. The van der Waals surface area contributed by atoms with Crippen LogP contribution in [0.4, 0.5) is 0 Å². The van der Waals surface area contributed by atoms with E-state index < -0.39 is 0 Å². The third-order valence-corrected chi connectivity index (χ3v) is 5.15. The quantitative estimate of drug-likeness (QED) is 0.435. The average Bonchev–Trinajstić information content (AvgIpc) is 1.98. The van der Waals surface area contributed by atoms with Gasteiger partial charge in [-0.15, -0.1) is 0 Å². The zero-order valence-electron chi connectivity index (χ0n) is 8.85. The van der Waals surface area contributed by atoms with Crippen molar-refractivity contribution >= 4 is 21.6 Å². The second-order valence-corrected chi connectivity index (χ2v) is 6.89. The van der Waals surface area contributed by atoms with Crippen molar-refractivity contribution in [3.05, 3.63) is 0 Å². The van der Waals surface area contributed by atoms with E-state index >= 15 is 0 Å². The average molecular weight is 206 g/mol. The smallest absolute Gasteiger partial charge is 0.0207 e. The molecule has 0 bridgehead atoms. The molecule has 0 saturated heterocycles. The Labute approximate surface area is 85.7 Å². The first-order valence-corrected chi connectivity index (χ1v) is 7.25. The van der Waals surface area contributed by atoms with Crippen molar-refractivity contribution in [3.8, 4) is 0 Å². The molecule has 0 rings (SSSR count). The predicted octanol–water partition coefficient (Wildman–Crippen LogP) is 4.75. The maximum Gasteiger partial charge on any atom is 0.0207 e. The first-order chi connectivity index (χ1) is 5.62. The van der Waals surface area contributed by atoms with Gasteiger partial charge in [0.25, 0.3) is 0 Å². The molecule has 0 aromatic carbocycles. The molecule has 0 radical (unpaired) electrons. The van der Waals surface area contributed by atoms with Crippen LogP contribution >= 0.6 is 21.6 Å². The molecule has 0 aliphatic heterocycles. The minimum atomic E-state index is 0.479.